The highest BCUT2D eigenvalue weighted by Crippen LogP contribution is 2.23. The molecule has 0 saturated carbocycles. The van der Waals surface area contributed by atoms with Crippen molar-refractivity contribution in [1.82, 2.24) is 0 Å². The highest BCUT2D eigenvalue weighted by Gasteiger charge is 1.93. The molecule has 0 aliphatic rings. The van der Waals surface area contributed by atoms with Gasteiger partial charge in [-0.15, -0.1) is 0 Å². The zero-order valence-corrected chi connectivity index (χ0v) is 11.3. The van der Waals surface area contributed by atoms with Gasteiger partial charge in [0.2, 0.25) is 0 Å². The maximum atomic E-state index is 4.15. The third-order valence-electron chi connectivity index (χ3n) is 2.41. The number of azo groups is 3. The summed E-state index contributed by atoms with van der Waals surface area (Å²) in [6.07, 6.45) is 0. The van der Waals surface area contributed by atoms with E-state index >= 15 is 0 Å². The van der Waals surface area contributed by atoms with Crippen LogP contribution in [0.2, 0.25) is 0 Å². The molecule has 0 aliphatic carbocycles. The number of nitrogens with zero attached hydrogens (tertiary/aromatic N) is 6. The lowest BCUT2D eigenvalue weighted by molar-refractivity contribution is 1.16. The lowest BCUT2D eigenvalue weighted by atomic mass is 10.3. The summed E-state index contributed by atoms with van der Waals surface area (Å²) in [4.78, 5) is 0. The molecule has 6 heteroatoms. The van der Waals surface area contributed by atoms with E-state index in [-0.39, 0.29) is 0 Å². The summed E-state index contributed by atoms with van der Waals surface area (Å²) in [7, 11) is 3.27. The first-order valence-electron chi connectivity index (χ1n) is 6.03. The highest BCUT2D eigenvalue weighted by molar-refractivity contribution is 5.49. The van der Waals surface area contributed by atoms with Gasteiger partial charge in [-0.25, -0.2) is 0 Å². The van der Waals surface area contributed by atoms with Crippen LogP contribution in [0.3, 0.4) is 0 Å². The highest BCUT2D eigenvalue weighted by atomic mass is 15.1. The molecule has 0 bridgehead atoms. The molecule has 0 saturated heterocycles. The molecule has 0 N–H and O–H groups in total. The van der Waals surface area contributed by atoms with Gasteiger partial charge in [-0.3, -0.25) is 0 Å². The minimum Gasteiger partial charge on any atom is -0.192 e. The zero-order chi connectivity index (χ0) is 14.2. The lowest BCUT2D eigenvalue weighted by Crippen LogP contribution is -1.66. The van der Waals surface area contributed by atoms with Crippen LogP contribution in [0, 0.1) is 0 Å². The van der Waals surface area contributed by atoms with E-state index in [1.807, 2.05) is 48.5 Å². The van der Waals surface area contributed by atoms with E-state index in [9.17, 15) is 0 Å². The van der Waals surface area contributed by atoms with Gasteiger partial charge in [0.1, 0.15) is 0 Å². The predicted molar refractivity (Wildman–Crippen MR) is 77.9 cm³/mol. The van der Waals surface area contributed by atoms with Gasteiger partial charge in [-0.1, -0.05) is 0 Å². The third-order valence-corrected chi connectivity index (χ3v) is 2.41. The molecule has 6 nitrogen and oxygen atoms in total. The molecule has 0 aliphatic heterocycles. The van der Waals surface area contributed by atoms with Crippen LogP contribution in [0.25, 0.3) is 0 Å². The maximum absolute atomic E-state index is 4.15. The molecule has 0 radical (unpaired) electrons. The van der Waals surface area contributed by atoms with Crippen molar-refractivity contribution in [2.24, 2.45) is 30.7 Å². The van der Waals surface area contributed by atoms with Gasteiger partial charge in [0.25, 0.3) is 0 Å². The Balaban J connectivity index is 2.08. The Labute approximate surface area is 117 Å². The van der Waals surface area contributed by atoms with Gasteiger partial charge in [0, 0.05) is 14.1 Å². The van der Waals surface area contributed by atoms with Crippen molar-refractivity contribution in [3.8, 4) is 0 Å². The summed E-state index contributed by atoms with van der Waals surface area (Å²) in [5.74, 6) is 0. The molecule has 20 heavy (non-hydrogen) atoms. The molecular formula is C14H14N6. The summed E-state index contributed by atoms with van der Waals surface area (Å²) in [5, 5.41) is 23.6. The largest absolute Gasteiger partial charge is 0.192 e. The van der Waals surface area contributed by atoms with E-state index < -0.39 is 0 Å². The molecule has 0 amide bonds. The molecule has 0 atom stereocenters. The predicted octanol–water partition coefficient (Wildman–Crippen LogP) is 5.53. The van der Waals surface area contributed by atoms with Crippen molar-refractivity contribution in [3.63, 3.8) is 0 Å². The molecular weight excluding hydrogens is 252 g/mol. The van der Waals surface area contributed by atoms with E-state index in [2.05, 4.69) is 30.7 Å². The van der Waals surface area contributed by atoms with Crippen LogP contribution < -0.4 is 0 Å². The fourth-order valence-electron chi connectivity index (χ4n) is 1.52. The Morgan fingerprint density at radius 1 is 0.450 bits per heavy atom. The van der Waals surface area contributed by atoms with E-state index in [1.165, 1.54) is 0 Å². The molecule has 0 aromatic heterocycles. The number of hydrogen-bond acceptors (Lipinski definition) is 6. The molecule has 0 spiro atoms. The van der Waals surface area contributed by atoms with Crippen LogP contribution in [0.4, 0.5) is 22.7 Å². The molecule has 0 unspecified atom stereocenters. The summed E-state index contributed by atoms with van der Waals surface area (Å²) in [5.41, 5.74) is 3.11. The van der Waals surface area contributed by atoms with Crippen molar-refractivity contribution in [3.05, 3.63) is 48.5 Å². The zero-order valence-electron chi connectivity index (χ0n) is 11.3. The van der Waals surface area contributed by atoms with Gasteiger partial charge in [0.15, 0.2) is 0 Å². The Hall–Kier alpha value is -2.76. The van der Waals surface area contributed by atoms with Crippen molar-refractivity contribution < 1.29 is 0 Å². The average molecular weight is 266 g/mol. The quantitative estimate of drug-likeness (QED) is 0.652. The minimum atomic E-state index is 0.761. The lowest BCUT2D eigenvalue weighted by Gasteiger charge is -1.95. The number of benzene rings is 2. The van der Waals surface area contributed by atoms with Gasteiger partial charge < -0.3 is 0 Å². The monoisotopic (exact) mass is 266 g/mol. The van der Waals surface area contributed by atoms with E-state index in [0.29, 0.717) is 0 Å². The summed E-state index contributed by atoms with van der Waals surface area (Å²) in [6, 6.07) is 14.7. The average Bonchev–Trinajstić information content (AvgIpc) is 2.49. The molecule has 2 rings (SSSR count). The van der Waals surface area contributed by atoms with E-state index in [0.717, 1.165) is 22.7 Å². The summed E-state index contributed by atoms with van der Waals surface area (Å²) in [6.45, 7) is 0. The first-order chi connectivity index (χ1) is 9.81. The topological polar surface area (TPSA) is 74.2 Å². The Bertz CT molecular complexity index is 568. The Morgan fingerprint density at radius 3 is 0.950 bits per heavy atom. The smallest absolute Gasteiger partial charge is 0.0858 e. The Morgan fingerprint density at radius 2 is 0.700 bits per heavy atom. The second-order valence-electron chi connectivity index (χ2n) is 3.83. The fourth-order valence-corrected chi connectivity index (χ4v) is 1.52. The first-order valence-corrected chi connectivity index (χ1v) is 6.03. The van der Waals surface area contributed by atoms with Crippen molar-refractivity contribution >= 4 is 22.7 Å². The molecule has 2 aromatic carbocycles. The second-order valence-corrected chi connectivity index (χ2v) is 3.83. The number of rotatable bonds is 4. The van der Waals surface area contributed by atoms with Gasteiger partial charge in [-0.05, 0) is 48.5 Å². The van der Waals surface area contributed by atoms with E-state index in [1.54, 1.807) is 14.1 Å². The number of hydrogen-bond donors (Lipinski definition) is 0. The van der Waals surface area contributed by atoms with Crippen LogP contribution in [0.15, 0.2) is 79.2 Å². The standard InChI is InChI=1S/C14H14N6/c1-15-17-11-3-7-13(8-4-11)19-20-14-9-5-12(6-10-14)18-16-2/h3-10H,1-2H3. The van der Waals surface area contributed by atoms with Crippen LogP contribution in [-0.4, -0.2) is 14.1 Å². The second kappa shape index (κ2) is 6.98. The summed E-state index contributed by atoms with van der Waals surface area (Å²) < 4.78 is 0. The minimum absolute atomic E-state index is 0.761. The molecule has 100 valence electrons. The third kappa shape index (κ3) is 3.88. The molecule has 0 fully saturated rings. The molecule has 0 heterocycles. The van der Waals surface area contributed by atoms with Gasteiger partial charge >= 0.3 is 0 Å². The van der Waals surface area contributed by atoms with Crippen molar-refractivity contribution in [2.45, 2.75) is 0 Å². The van der Waals surface area contributed by atoms with Crippen molar-refractivity contribution in [2.75, 3.05) is 14.1 Å². The Kier molecular flexibility index (Phi) is 4.77. The van der Waals surface area contributed by atoms with Crippen LogP contribution in [0.5, 0.6) is 0 Å². The molecule has 2 aromatic rings. The first kappa shape index (κ1) is 13.7. The van der Waals surface area contributed by atoms with Gasteiger partial charge in [0.05, 0.1) is 22.7 Å². The fraction of sp³-hybridized carbons (Fsp3) is 0.143. The van der Waals surface area contributed by atoms with Gasteiger partial charge in [-0.2, -0.15) is 30.7 Å². The van der Waals surface area contributed by atoms with E-state index in [4.69, 9.17) is 0 Å². The van der Waals surface area contributed by atoms with Crippen LogP contribution in [-0.2, 0) is 0 Å². The maximum Gasteiger partial charge on any atom is 0.0858 e. The van der Waals surface area contributed by atoms with Crippen LogP contribution >= 0.6 is 0 Å². The van der Waals surface area contributed by atoms with Crippen molar-refractivity contribution in [1.29, 1.82) is 0 Å². The SMILES string of the molecule is CN=Nc1ccc(N=Nc2ccc(N=NC)cc2)cc1. The summed E-state index contributed by atoms with van der Waals surface area (Å²) >= 11 is 0. The normalized spacial score (nSPS) is 11.9. The van der Waals surface area contributed by atoms with Crippen LogP contribution in [0.1, 0.15) is 0 Å².